The highest BCUT2D eigenvalue weighted by atomic mass is 32.2. The van der Waals surface area contributed by atoms with Gasteiger partial charge in [0.25, 0.3) is 15.9 Å². The molecule has 1 unspecified atom stereocenters. The summed E-state index contributed by atoms with van der Waals surface area (Å²) >= 11 is 2.33. The lowest BCUT2D eigenvalue weighted by molar-refractivity contribution is -0.121. The quantitative estimate of drug-likeness (QED) is 0.483. The molecule has 0 spiro atoms. The predicted molar refractivity (Wildman–Crippen MR) is 118 cm³/mol. The Bertz CT molecular complexity index is 1250. The molecule has 4 rings (SSSR count). The molecule has 11 heteroatoms. The molecule has 1 aliphatic heterocycles. The highest BCUT2D eigenvalue weighted by molar-refractivity contribution is 7.91. The molecule has 166 valence electrons. The SMILES string of the molecule is CCOCCn1c(=NC(=O)C2CCCN2S(=O)(=O)c2cccs2)sc2cccc(F)c21. The summed E-state index contributed by atoms with van der Waals surface area (Å²) in [6, 6.07) is 7.09. The summed E-state index contributed by atoms with van der Waals surface area (Å²) in [5.41, 5.74) is 0.369. The number of sulfonamides is 1. The number of aromatic nitrogens is 1. The molecule has 0 radical (unpaired) electrons. The Morgan fingerprint density at radius 1 is 1.32 bits per heavy atom. The van der Waals surface area contributed by atoms with E-state index in [1.807, 2.05) is 6.92 Å². The van der Waals surface area contributed by atoms with Crippen molar-refractivity contribution in [3.05, 3.63) is 46.3 Å². The van der Waals surface area contributed by atoms with Crippen LogP contribution >= 0.6 is 22.7 Å². The normalized spacial score (nSPS) is 18.3. The minimum atomic E-state index is -3.75. The first kappa shape index (κ1) is 22.3. The zero-order valence-electron chi connectivity index (χ0n) is 16.9. The van der Waals surface area contributed by atoms with Crippen molar-refractivity contribution < 1.29 is 22.3 Å². The first-order chi connectivity index (χ1) is 14.9. The van der Waals surface area contributed by atoms with Crippen LogP contribution in [0.3, 0.4) is 0 Å². The molecule has 7 nitrogen and oxygen atoms in total. The van der Waals surface area contributed by atoms with Crippen LogP contribution < -0.4 is 4.80 Å². The summed E-state index contributed by atoms with van der Waals surface area (Å²) in [4.78, 5) is 17.7. The van der Waals surface area contributed by atoms with E-state index in [-0.39, 0.29) is 10.8 Å². The smallest absolute Gasteiger partial charge is 0.266 e. The van der Waals surface area contributed by atoms with Gasteiger partial charge in [0.05, 0.1) is 16.8 Å². The summed E-state index contributed by atoms with van der Waals surface area (Å²) in [6.45, 7) is 3.35. The average molecular weight is 484 g/mol. The molecule has 1 aliphatic rings. The number of hydrogen-bond acceptors (Lipinski definition) is 6. The second-order valence-electron chi connectivity index (χ2n) is 6.98. The molecule has 0 bridgehead atoms. The predicted octanol–water partition coefficient (Wildman–Crippen LogP) is 3.22. The number of benzene rings is 1. The van der Waals surface area contributed by atoms with Crippen LogP contribution in [-0.4, -0.2) is 49.0 Å². The van der Waals surface area contributed by atoms with Crippen LogP contribution in [0.25, 0.3) is 10.2 Å². The van der Waals surface area contributed by atoms with Gasteiger partial charge in [-0.1, -0.05) is 23.5 Å². The van der Waals surface area contributed by atoms with Crippen LogP contribution in [0.5, 0.6) is 0 Å². The first-order valence-corrected chi connectivity index (χ1v) is 13.1. The molecule has 1 fully saturated rings. The highest BCUT2D eigenvalue weighted by Crippen LogP contribution is 2.29. The van der Waals surface area contributed by atoms with Crippen molar-refractivity contribution in [2.45, 2.75) is 36.6 Å². The topological polar surface area (TPSA) is 81.0 Å². The second-order valence-corrected chi connectivity index (χ2v) is 11.0. The lowest BCUT2D eigenvalue weighted by Gasteiger charge is -2.20. The van der Waals surface area contributed by atoms with E-state index in [9.17, 15) is 17.6 Å². The van der Waals surface area contributed by atoms with Crippen molar-refractivity contribution in [3.8, 4) is 0 Å². The van der Waals surface area contributed by atoms with E-state index in [0.29, 0.717) is 47.6 Å². The number of carbonyl (C=O) groups excluding carboxylic acids is 1. The van der Waals surface area contributed by atoms with Gasteiger partial charge in [0.1, 0.15) is 16.1 Å². The van der Waals surface area contributed by atoms with Gasteiger partial charge in [-0.25, -0.2) is 12.8 Å². The Labute approximate surface area is 187 Å². The summed E-state index contributed by atoms with van der Waals surface area (Å²) < 4.78 is 49.6. The molecule has 1 aromatic carbocycles. The third-order valence-corrected chi connectivity index (χ3v) is 9.39. The molecule has 2 aromatic heterocycles. The number of halogens is 1. The fourth-order valence-electron chi connectivity index (χ4n) is 3.65. The van der Waals surface area contributed by atoms with Crippen LogP contribution in [0, 0.1) is 5.82 Å². The van der Waals surface area contributed by atoms with Crippen molar-refractivity contribution in [1.82, 2.24) is 8.87 Å². The Morgan fingerprint density at radius 3 is 2.90 bits per heavy atom. The number of amides is 1. The number of nitrogens with zero attached hydrogens (tertiary/aromatic N) is 3. The number of thiazole rings is 1. The van der Waals surface area contributed by atoms with Crippen LogP contribution in [-0.2, 0) is 26.1 Å². The molecule has 0 N–H and O–H groups in total. The minimum absolute atomic E-state index is 0.211. The molecule has 1 atom stereocenters. The Kier molecular flexibility index (Phi) is 6.68. The number of rotatable bonds is 7. The fourth-order valence-corrected chi connectivity index (χ4v) is 7.50. The van der Waals surface area contributed by atoms with Gasteiger partial charge in [-0.2, -0.15) is 9.30 Å². The first-order valence-electron chi connectivity index (χ1n) is 9.93. The van der Waals surface area contributed by atoms with Gasteiger partial charge >= 0.3 is 0 Å². The van der Waals surface area contributed by atoms with Crippen molar-refractivity contribution in [2.24, 2.45) is 4.99 Å². The van der Waals surface area contributed by atoms with Gasteiger partial charge in [-0.15, -0.1) is 11.3 Å². The van der Waals surface area contributed by atoms with Gasteiger partial charge in [-0.3, -0.25) is 4.79 Å². The monoisotopic (exact) mass is 483 g/mol. The number of thiophene rings is 1. The van der Waals surface area contributed by atoms with Gasteiger partial charge in [-0.05, 0) is 43.3 Å². The number of hydrogen-bond donors (Lipinski definition) is 0. The van der Waals surface area contributed by atoms with E-state index >= 15 is 0 Å². The molecule has 1 saturated heterocycles. The van der Waals surface area contributed by atoms with Gasteiger partial charge in [0, 0.05) is 19.7 Å². The van der Waals surface area contributed by atoms with Crippen molar-refractivity contribution in [1.29, 1.82) is 0 Å². The number of fused-ring (bicyclic) bond motifs is 1. The molecule has 31 heavy (non-hydrogen) atoms. The van der Waals surface area contributed by atoms with Crippen LogP contribution in [0.4, 0.5) is 4.39 Å². The molecule has 0 aliphatic carbocycles. The van der Waals surface area contributed by atoms with Crippen molar-refractivity contribution >= 4 is 48.8 Å². The van der Waals surface area contributed by atoms with Crippen molar-refractivity contribution in [3.63, 3.8) is 0 Å². The van der Waals surface area contributed by atoms with Gasteiger partial charge < -0.3 is 9.30 Å². The standard InChI is InChI=1S/C20H22FN3O4S3/c1-2-28-12-11-23-18-14(21)6-3-8-16(18)30-20(23)22-19(25)15-7-4-10-24(15)31(26,27)17-9-5-13-29-17/h3,5-6,8-9,13,15H,2,4,7,10-12H2,1H3. The Morgan fingerprint density at radius 2 is 2.16 bits per heavy atom. The van der Waals surface area contributed by atoms with Crippen LogP contribution in [0.1, 0.15) is 19.8 Å². The maximum Gasteiger partial charge on any atom is 0.266 e. The van der Waals surface area contributed by atoms with Crippen molar-refractivity contribution in [2.75, 3.05) is 19.8 Å². The minimum Gasteiger partial charge on any atom is -0.380 e. The number of carbonyl (C=O) groups is 1. The van der Waals surface area contributed by atoms with E-state index < -0.39 is 27.8 Å². The largest absolute Gasteiger partial charge is 0.380 e. The second kappa shape index (κ2) is 9.29. The molecular weight excluding hydrogens is 461 g/mol. The third-order valence-electron chi connectivity index (χ3n) is 5.07. The van der Waals surface area contributed by atoms with E-state index in [1.54, 1.807) is 28.1 Å². The molecule has 3 heterocycles. The third kappa shape index (κ3) is 4.37. The molecular formula is C20H22FN3O4S3. The molecule has 3 aromatic rings. The zero-order chi connectivity index (χ0) is 22.0. The Hall–Kier alpha value is -1.92. The van der Waals surface area contributed by atoms with Crippen LogP contribution in [0.2, 0.25) is 0 Å². The number of para-hydroxylation sites is 1. The number of ether oxygens (including phenoxy) is 1. The van der Waals surface area contributed by atoms with Crippen LogP contribution in [0.15, 0.2) is 44.9 Å². The fraction of sp³-hybridized carbons (Fsp3) is 0.400. The average Bonchev–Trinajstić information content (AvgIpc) is 3.49. The van der Waals surface area contributed by atoms with Gasteiger partial charge in [0.2, 0.25) is 0 Å². The van der Waals surface area contributed by atoms with E-state index in [4.69, 9.17) is 4.74 Å². The van der Waals surface area contributed by atoms with E-state index in [0.717, 1.165) is 11.3 Å². The molecule has 0 saturated carbocycles. The lowest BCUT2D eigenvalue weighted by atomic mass is 10.2. The van der Waals surface area contributed by atoms with E-state index in [1.165, 1.54) is 27.8 Å². The summed E-state index contributed by atoms with van der Waals surface area (Å²) in [5.74, 6) is -0.934. The highest BCUT2D eigenvalue weighted by Gasteiger charge is 2.40. The lowest BCUT2D eigenvalue weighted by Crippen LogP contribution is -2.40. The molecule has 1 amide bonds. The van der Waals surface area contributed by atoms with Gasteiger partial charge in [0.15, 0.2) is 4.80 Å². The zero-order valence-corrected chi connectivity index (χ0v) is 19.3. The summed E-state index contributed by atoms with van der Waals surface area (Å²) in [7, 11) is -3.75. The summed E-state index contributed by atoms with van der Waals surface area (Å²) in [6.07, 6.45) is 0.993. The van der Waals surface area contributed by atoms with E-state index in [2.05, 4.69) is 4.99 Å². The summed E-state index contributed by atoms with van der Waals surface area (Å²) in [5, 5.41) is 1.69. The maximum atomic E-state index is 14.5. The maximum absolute atomic E-state index is 14.5. The Balaban J connectivity index is 1.71.